The van der Waals surface area contributed by atoms with E-state index in [1.54, 1.807) is 0 Å². The Hall–Kier alpha value is -13.8. The monoisotopic (exact) mass is 1490 g/mol. The van der Waals surface area contributed by atoms with Crippen LogP contribution < -0.4 is 9.64 Å². The number of benzene rings is 16. The first-order valence-electron chi connectivity index (χ1n) is 41.6. The zero-order valence-electron chi connectivity index (χ0n) is 65.6. The number of fused-ring (bicyclic) bond motifs is 41. The van der Waals surface area contributed by atoms with Gasteiger partial charge in [-0.1, -0.05) is 284 Å². The zero-order valence-corrected chi connectivity index (χ0v) is 65.6. The van der Waals surface area contributed by atoms with Gasteiger partial charge in [-0.25, -0.2) is 0 Å². The van der Waals surface area contributed by atoms with Crippen LogP contribution in [-0.2, 0) is 27.1 Å². The van der Waals surface area contributed by atoms with Crippen molar-refractivity contribution in [3.8, 4) is 106 Å². The van der Waals surface area contributed by atoms with Crippen molar-refractivity contribution in [1.29, 1.82) is 0 Å². The Kier molecular flexibility index (Phi) is 12.1. The molecule has 0 saturated carbocycles. The van der Waals surface area contributed by atoms with Gasteiger partial charge in [0.05, 0.1) is 10.8 Å². The van der Waals surface area contributed by atoms with Crippen molar-refractivity contribution in [1.82, 2.24) is 0 Å². The number of rotatable bonds is 5. The minimum atomic E-state index is -0.750. The minimum absolute atomic E-state index is 0.0781. The quantitative estimate of drug-likeness (QED) is 0.172. The summed E-state index contributed by atoms with van der Waals surface area (Å²) >= 11 is 0. The van der Waals surface area contributed by atoms with Gasteiger partial charge in [0.1, 0.15) is 34.2 Å². The second-order valence-electron chi connectivity index (χ2n) is 35.7. The first-order valence-corrected chi connectivity index (χ1v) is 41.6. The number of para-hydroxylation sites is 2. The third-order valence-electron chi connectivity index (χ3n) is 29.4. The highest BCUT2D eigenvalue weighted by Gasteiger charge is 2.58. The average molecular weight is 1490 g/mol. The van der Waals surface area contributed by atoms with Crippen LogP contribution in [-0.4, -0.2) is 6.10 Å². The molecule has 18 aromatic rings. The van der Waals surface area contributed by atoms with Crippen molar-refractivity contribution < 1.29 is 13.6 Å². The van der Waals surface area contributed by atoms with Crippen molar-refractivity contribution in [2.24, 2.45) is 0 Å². The summed E-state index contributed by atoms with van der Waals surface area (Å²) in [6.45, 7) is 14.6. The Labute approximate surface area is 678 Å². The lowest BCUT2D eigenvalue weighted by molar-refractivity contribution is 0.280. The van der Waals surface area contributed by atoms with Gasteiger partial charge in [0.15, 0.2) is 0 Å². The highest BCUT2D eigenvalue weighted by molar-refractivity contribution is 6.20. The standard InChI is InChI=1S/C113H75NO3/c1-109(2)83-36-18-10-28-67(83)72-48-44-63(54-89(72)109)80-59-96-102(106-78-35-17-25-43-99(78)117-108(80)106)75-51-47-65(56-91(75)111(96,5)6)114(64-46-50-74-90(55-64)110(3,4)95-58-79(62-26-8-7-9-27-62)107-105(101(74)95)77-34-16-24-42-98(77)116-107)66-45-49-73-81-60-94-82(61-93(81)113(92(73)57-66)86-39-21-13-31-70(86)71-32-14-22-40-87(71)113)103-88(52-53-100-104(103)76-33-15-23-41-97(76)115-100)112(94)84-37-19-11-29-68(84)69-30-12-20-38-85(69)112/h7-42,44-61,99H,43H2,1-6H3. The Morgan fingerprint density at radius 2 is 0.726 bits per heavy atom. The van der Waals surface area contributed by atoms with Crippen LogP contribution in [0, 0.1) is 0 Å². The number of allylic oxidation sites excluding steroid dienone is 2. The molecule has 1 unspecified atom stereocenters. The molecule has 550 valence electrons. The van der Waals surface area contributed by atoms with Crippen LogP contribution >= 0.6 is 0 Å². The van der Waals surface area contributed by atoms with E-state index in [-0.39, 0.29) is 11.5 Å². The van der Waals surface area contributed by atoms with Crippen LogP contribution in [0.1, 0.15) is 131 Å². The number of ether oxygens (including phenoxy) is 1. The van der Waals surface area contributed by atoms with E-state index in [1.165, 1.54) is 183 Å². The first kappa shape index (κ1) is 64.6. The fourth-order valence-corrected chi connectivity index (χ4v) is 24.3. The molecular formula is C113H75NO3. The third kappa shape index (κ3) is 7.78. The third-order valence-corrected chi connectivity index (χ3v) is 29.4. The molecule has 0 saturated heterocycles. The van der Waals surface area contributed by atoms with Gasteiger partial charge in [-0.3, -0.25) is 0 Å². The van der Waals surface area contributed by atoms with Crippen molar-refractivity contribution >= 4 is 66.5 Å². The van der Waals surface area contributed by atoms with Crippen LogP contribution in [0.25, 0.3) is 150 Å². The van der Waals surface area contributed by atoms with Gasteiger partial charge in [-0.05, 0) is 252 Å². The summed E-state index contributed by atoms with van der Waals surface area (Å²) in [4.78, 5) is 2.62. The summed E-state index contributed by atoms with van der Waals surface area (Å²) < 4.78 is 21.4. The summed E-state index contributed by atoms with van der Waals surface area (Å²) in [5.74, 6) is 0.989. The smallest absolute Gasteiger partial charge is 0.143 e. The van der Waals surface area contributed by atoms with Crippen LogP contribution in [0.4, 0.5) is 17.1 Å². The zero-order chi connectivity index (χ0) is 77.2. The van der Waals surface area contributed by atoms with Crippen molar-refractivity contribution in [2.45, 2.75) is 81.1 Å². The lowest BCUT2D eigenvalue weighted by Gasteiger charge is -2.33. The minimum Gasteiger partial charge on any atom is -0.484 e. The summed E-state index contributed by atoms with van der Waals surface area (Å²) in [7, 11) is 0. The van der Waals surface area contributed by atoms with Gasteiger partial charge in [0.25, 0.3) is 0 Å². The first-order chi connectivity index (χ1) is 57.3. The van der Waals surface area contributed by atoms with Gasteiger partial charge in [0, 0.05) is 83.5 Å². The van der Waals surface area contributed by atoms with Crippen LogP contribution in [0.15, 0.2) is 336 Å². The molecule has 117 heavy (non-hydrogen) atoms. The highest BCUT2D eigenvalue weighted by Crippen LogP contribution is 2.71. The predicted octanol–water partition coefficient (Wildman–Crippen LogP) is 29.0. The fourth-order valence-electron chi connectivity index (χ4n) is 24.3. The molecule has 1 atom stereocenters. The van der Waals surface area contributed by atoms with E-state index in [1.807, 2.05) is 0 Å². The SMILES string of the molecule is CC1(C)c2ccccc2-c2ccc(-c3cc4c(c5c3OC3CC=CC=C53)-c3ccc(N(c5ccc6c(c5)C(C)(C)c5cc(-c7ccccc7)c7oc8ccccc8c7c5-6)c5ccc6c(c5)C5(c7ccccc7-c7ccccc75)c5cc7c(cc5-6)C5(c6ccccc6-c6ccccc65)c5ccc6oc8ccccc8c6c5-7)cc3C4(C)C)cc21. The average Bonchev–Trinajstić information content (AvgIpc) is 1.48. The molecule has 0 amide bonds. The second kappa shape index (κ2) is 22.0. The van der Waals surface area contributed by atoms with Gasteiger partial charge in [-0.2, -0.15) is 0 Å². The Morgan fingerprint density at radius 1 is 0.282 bits per heavy atom. The van der Waals surface area contributed by atoms with Gasteiger partial charge in [-0.15, -0.1) is 0 Å². The second-order valence-corrected chi connectivity index (χ2v) is 35.7. The van der Waals surface area contributed by atoms with Crippen molar-refractivity contribution in [3.05, 3.63) is 411 Å². The van der Waals surface area contributed by atoms with Crippen LogP contribution in [0.5, 0.6) is 5.75 Å². The molecule has 4 heteroatoms. The molecule has 0 radical (unpaired) electrons. The summed E-state index contributed by atoms with van der Waals surface area (Å²) in [6, 6.07) is 119. The lowest BCUT2D eigenvalue weighted by Crippen LogP contribution is -2.27. The number of hydrogen-bond acceptors (Lipinski definition) is 4. The molecule has 2 aromatic heterocycles. The molecular weight excluding hydrogens is 1420 g/mol. The van der Waals surface area contributed by atoms with Gasteiger partial charge < -0.3 is 18.5 Å². The Morgan fingerprint density at radius 3 is 1.38 bits per heavy atom. The molecule has 16 aromatic carbocycles. The van der Waals surface area contributed by atoms with E-state index < -0.39 is 21.7 Å². The highest BCUT2D eigenvalue weighted by atomic mass is 16.5. The van der Waals surface area contributed by atoms with Crippen molar-refractivity contribution in [2.75, 3.05) is 4.90 Å². The van der Waals surface area contributed by atoms with E-state index in [9.17, 15) is 0 Å². The Balaban J connectivity index is 0.710. The van der Waals surface area contributed by atoms with E-state index in [2.05, 4.69) is 374 Å². The maximum Gasteiger partial charge on any atom is 0.143 e. The van der Waals surface area contributed by atoms with Gasteiger partial charge in [0.2, 0.25) is 0 Å². The number of anilines is 3. The summed E-state index contributed by atoms with van der Waals surface area (Å²) in [5, 5.41) is 4.59. The molecule has 27 rings (SSSR count). The number of nitrogens with zero attached hydrogens (tertiary/aromatic N) is 1. The van der Waals surface area contributed by atoms with E-state index in [4.69, 9.17) is 13.6 Å². The number of hydrogen-bond donors (Lipinski definition) is 0. The Bertz CT molecular complexity index is 7660. The molecule has 4 nitrogen and oxygen atoms in total. The molecule has 1 aliphatic heterocycles. The van der Waals surface area contributed by atoms with E-state index in [0.29, 0.717) is 0 Å². The summed E-state index contributed by atoms with van der Waals surface area (Å²) in [6.07, 6.45) is 7.60. The topological polar surface area (TPSA) is 38.8 Å². The van der Waals surface area contributed by atoms with Crippen LogP contribution in [0.3, 0.4) is 0 Å². The normalized spacial score (nSPS) is 16.9. The molecule has 0 bridgehead atoms. The maximum atomic E-state index is 7.39. The number of furan rings is 2. The van der Waals surface area contributed by atoms with Crippen LogP contribution in [0.2, 0.25) is 0 Å². The lowest BCUT2D eigenvalue weighted by atomic mass is 9.68. The molecule has 8 aliphatic carbocycles. The largest absolute Gasteiger partial charge is 0.484 e. The summed E-state index contributed by atoms with van der Waals surface area (Å²) in [5.41, 5.74) is 47.6. The van der Waals surface area contributed by atoms with Gasteiger partial charge >= 0.3 is 0 Å². The predicted molar refractivity (Wildman–Crippen MR) is 478 cm³/mol. The molecule has 9 aliphatic rings. The molecule has 2 spiro atoms. The van der Waals surface area contributed by atoms with E-state index in [0.717, 1.165) is 79.0 Å². The molecule has 3 heterocycles. The maximum absolute atomic E-state index is 7.39. The van der Waals surface area contributed by atoms with E-state index >= 15 is 0 Å². The van der Waals surface area contributed by atoms with Crippen molar-refractivity contribution in [3.63, 3.8) is 0 Å². The fraction of sp³-hybridized carbons (Fsp3) is 0.115. The molecule has 0 fully saturated rings. The molecule has 0 N–H and O–H groups in total.